The first-order valence-electron chi connectivity index (χ1n) is 10.0. The lowest BCUT2D eigenvalue weighted by atomic mass is 10.1. The van der Waals surface area contributed by atoms with Crippen molar-refractivity contribution in [3.63, 3.8) is 0 Å². The summed E-state index contributed by atoms with van der Waals surface area (Å²) in [6.45, 7) is 3.81. The van der Waals surface area contributed by atoms with Crippen LogP contribution < -0.4 is 16.2 Å². The molecule has 174 valence electrons. The molecule has 0 spiro atoms. The van der Waals surface area contributed by atoms with Crippen LogP contribution in [0.3, 0.4) is 0 Å². The van der Waals surface area contributed by atoms with Crippen molar-refractivity contribution in [1.29, 1.82) is 0 Å². The average molecular weight is 474 g/mol. The zero-order valence-electron chi connectivity index (χ0n) is 18.2. The number of aromatic nitrogens is 2. The smallest absolute Gasteiger partial charge is 0.293 e. The molecule has 2 N–H and O–H groups in total. The molecule has 0 fully saturated rings. The maximum atomic E-state index is 12.8. The Morgan fingerprint density at radius 3 is 2.42 bits per heavy atom. The SMILES string of the molecule is CC(C)n1nc(C(=O)NCCNc2ccc(S(C)(=O)=O)cc2[N+](=O)[O-])c2ccccc2c1=O. The number of hydrogen-bond acceptors (Lipinski definition) is 8. The predicted octanol–water partition coefficient (Wildman–Crippen LogP) is 2.13. The Kier molecular flexibility index (Phi) is 6.77. The second-order valence-electron chi connectivity index (χ2n) is 7.63. The van der Waals surface area contributed by atoms with Crippen LogP contribution >= 0.6 is 0 Å². The number of nitro benzene ring substituents is 1. The first-order valence-corrected chi connectivity index (χ1v) is 11.9. The minimum Gasteiger partial charge on any atom is -0.378 e. The van der Waals surface area contributed by atoms with Gasteiger partial charge in [-0.15, -0.1) is 0 Å². The lowest BCUT2D eigenvalue weighted by Crippen LogP contribution is -2.33. The topological polar surface area (TPSA) is 153 Å². The van der Waals surface area contributed by atoms with Crippen molar-refractivity contribution in [1.82, 2.24) is 15.1 Å². The average Bonchev–Trinajstić information content (AvgIpc) is 2.76. The molecule has 11 nitrogen and oxygen atoms in total. The quantitative estimate of drug-likeness (QED) is 0.287. The number of rotatable bonds is 8. The second kappa shape index (κ2) is 9.36. The fourth-order valence-electron chi connectivity index (χ4n) is 3.22. The molecule has 1 amide bonds. The van der Waals surface area contributed by atoms with Gasteiger partial charge in [0.1, 0.15) is 5.69 Å². The van der Waals surface area contributed by atoms with Gasteiger partial charge in [-0.3, -0.25) is 19.7 Å². The minimum absolute atomic E-state index is 0.0978. The molecular weight excluding hydrogens is 450 g/mol. The van der Waals surface area contributed by atoms with Gasteiger partial charge in [-0.25, -0.2) is 13.1 Å². The normalized spacial score (nSPS) is 11.5. The maximum Gasteiger partial charge on any atom is 0.293 e. The Morgan fingerprint density at radius 1 is 1.15 bits per heavy atom. The van der Waals surface area contributed by atoms with E-state index in [0.717, 1.165) is 12.3 Å². The Labute approximate surface area is 189 Å². The van der Waals surface area contributed by atoms with Crippen LogP contribution in [0.4, 0.5) is 11.4 Å². The van der Waals surface area contributed by atoms with Crippen LogP contribution in [-0.2, 0) is 9.84 Å². The van der Waals surface area contributed by atoms with E-state index in [9.17, 15) is 28.1 Å². The van der Waals surface area contributed by atoms with Crippen LogP contribution in [0.25, 0.3) is 10.8 Å². The molecule has 33 heavy (non-hydrogen) atoms. The highest BCUT2D eigenvalue weighted by molar-refractivity contribution is 7.90. The van der Waals surface area contributed by atoms with Crippen molar-refractivity contribution in [2.45, 2.75) is 24.8 Å². The highest BCUT2D eigenvalue weighted by Gasteiger charge is 2.20. The summed E-state index contributed by atoms with van der Waals surface area (Å²) < 4.78 is 24.6. The van der Waals surface area contributed by atoms with Crippen LogP contribution in [-0.4, -0.2) is 48.4 Å². The molecule has 0 radical (unpaired) electrons. The molecule has 0 saturated heterocycles. The minimum atomic E-state index is -3.59. The van der Waals surface area contributed by atoms with E-state index >= 15 is 0 Å². The third-order valence-corrected chi connectivity index (χ3v) is 5.96. The molecule has 3 aromatic rings. The van der Waals surface area contributed by atoms with Gasteiger partial charge in [-0.05, 0) is 32.0 Å². The highest BCUT2D eigenvalue weighted by Crippen LogP contribution is 2.27. The molecule has 0 aliphatic carbocycles. The van der Waals surface area contributed by atoms with Gasteiger partial charge in [0.05, 0.1) is 21.2 Å². The van der Waals surface area contributed by atoms with E-state index in [1.807, 2.05) is 0 Å². The van der Waals surface area contributed by atoms with Crippen molar-refractivity contribution >= 4 is 37.9 Å². The first kappa shape index (κ1) is 23.9. The lowest BCUT2D eigenvalue weighted by molar-refractivity contribution is -0.384. The van der Waals surface area contributed by atoms with Crippen LogP contribution in [0, 0.1) is 10.1 Å². The van der Waals surface area contributed by atoms with E-state index in [0.29, 0.717) is 10.8 Å². The second-order valence-corrected chi connectivity index (χ2v) is 9.64. The number of carbonyl (C=O) groups excluding carboxylic acids is 1. The summed E-state index contributed by atoms with van der Waals surface area (Å²) in [7, 11) is -3.59. The Morgan fingerprint density at radius 2 is 1.82 bits per heavy atom. The zero-order chi connectivity index (χ0) is 24.3. The molecule has 0 atom stereocenters. The van der Waals surface area contributed by atoms with E-state index in [1.165, 1.54) is 16.8 Å². The summed E-state index contributed by atoms with van der Waals surface area (Å²) in [5.41, 5.74) is -0.453. The summed E-state index contributed by atoms with van der Waals surface area (Å²) in [5.74, 6) is -0.496. The van der Waals surface area contributed by atoms with Gasteiger partial charge < -0.3 is 10.6 Å². The molecule has 0 aliphatic heterocycles. The van der Waals surface area contributed by atoms with Gasteiger partial charge in [0, 0.05) is 30.8 Å². The number of benzene rings is 2. The predicted molar refractivity (Wildman–Crippen MR) is 123 cm³/mol. The molecule has 0 bridgehead atoms. The van der Waals surface area contributed by atoms with Gasteiger partial charge in [-0.2, -0.15) is 5.10 Å². The fraction of sp³-hybridized carbons (Fsp3) is 0.286. The molecule has 2 aromatic carbocycles. The monoisotopic (exact) mass is 473 g/mol. The summed E-state index contributed by atoms with van der Waals surface area (Å²) >= 11 is 0. The van der Waals surface area contributed by atoms with Gasteiger partial charge in [0.2, 0.25) is 0 Å². The standard InChI is InChI=1S/C21H23N5O6S/c1-13(2)25-21(28)16-7-5-4-6-15(16)19(24-25)20(27)23-11-10-22-17-9-8-14(33(3,31)32)12-18(17)26(29)30/h4-9,12-13,22H,10-11H2,1-3H3,(H,23,27). The van der Waals surface area contributed by atoms with Crippen LogP contribution in [0.1, 0.15) is 30.4 Å². The summed E-state index contributed by atoms with van der Waals surface area (Å²) in [5, 5.41) is 21.9. The van der Waals surface area contributed by atoms with Gasteiger partial charge in [0.25, 0.3) is 17.2 Å². The number of nitro groups is 1. The third-order valence-electron chi connectivity index (χ3n) is 4.85. The van der Waals surface area contributed by atoms with E-state index in [1.54, 1.807) is 38.1 Å². The van der Waals surface area contributed by atoms with E-state index in [2.05, 4.69) is 15.7 Å². The molecule has 1 aromatic heterocycles. The maximum absolute atomic E-state index is 12.8. The zero-order valence-corrected chi connectivity index (χ0v) is 19.0. The molecule has 12 heteroatoms. The van der Waals surface area contributed by atoms with Crippen LogP contribution in [0.5, 0.6) is 0 Å². The number of nitrogens with one attached hydrogen (secondary N) is 2. The summed E-state index contributed by atoms with van der Waals surface area (Å²) in [6, 6.07) is 10.0. The molecule has 0 aliphatic rings. The van der Waals surface area contributed by atoms with Gasteiger partial charge in [0.15, 0.2) is 15.5 Å². The molecule has 3 rings (SSSR count). The van der Waals surface area contributed by atoms with Crippen molar-refractivity contribution < 1.29 is 18.1 Å². The molecule has 1 heterocycles. The van der Waals surface area contributed by atoms with Crippen LogP contribution in [0.2, 0.25) is 0 Å². The van der Waals surface area contributed by atoms with Gasteiger partial charge in [-0.1, -0.05) is 18.2 Å². The van der Waals surface area contributed by atoms with Crippen LogP contribution in [0.15, 0.2) is 52.2 Å². The van der Waals surface area contributed by atoms with Crippen molar-refractivity contribution in [2.75, 3.05) is 24.7 Å². The van der Waals surface area contributed by atoms with E-state index < -0.39 is 20.7 Å². The fourth-order valence-corrected chi connectivity index (χ4v) is 3.86. The largest absolute Gasteiger partial charge is 0.378 e. The number of hydrogen-bond donors (Lipinski definition) is 2. The molecule has 0 saturated carbocycles. The highest BCUT2D eigenvalue weighted by atomic mass is 32.2. The van der Waals surface area contributed by atoms with Crippen molar-refractivity contribution in [2.24, 2.45) is 0 Å². The van der Waals surface area contributed by atoms with E-state index in [-0.39, 0.29) is 46.7 Å². The lowest BCUT2D eigenvalue weighted by Gasteiger charge is -2.14. The number of amides is 1. The van der Waals surface area contributed by atoms with Crippen molar-refractivity contribution in [3.05, 3.63) is 68.6 Å². The van der Waals surface area contributed by atoms with E-state index in [4.69, 9.17) is 0 Å². The molecule has 0 unspecified atom stereocenters. The Bertz CT molecular complexity index is 1400. The number of nitrogens with zero attached hydrogens (tertiary/aromatic N) is 3. The van der Waals surface area contributed by atoms with Crippen molar-refractivity contribution in [3.8, 4) is 0 Å². The number of sulfone groups is 1. The Hall–Kier alpha value is -3.80. The third kappa shape index (κ3) is 5.17. The first-order chi connectivity index (χ1) is 15.5. The number of anilines is 1. The number of fused-ring (bicyclic) bond motifs is 1. The van der Waals surface area contributed by atoms with Gasteiger partial charge >= 0.3 is 0 Å². The Balaban J connectivity index is 1.76. The number of carbonyl (C=O) groups is 1. The summed E-state index contributed by atoms with van der Waals surface area (Å²) in [6.07, 6.45) is 0.967. The summed E-state index contributed by atoms with van der Waals surface area (Å²) in [4.78, 5) is 35.9. The molecular formula is C21H23N5O6S.